The Hall–Kier alpha value is -1.68. The molecule has 1 radical (unpaired) electrons. The van der Waals surface area contributed by atoms with Crippen LogP contribution >= 0.6 is 11.8 Å². The summed E-state index contributed by atoms with van der Waals surface area (Å²) in [4.78, 5) is 0.220. The van der Waals surface area contributed by atoms with Crippen molar-refractivity contribution in [3.63, 3.8) is 0 Å². The molecule has 0 bridgehead atoms. The van der Waals surface area contributed by atoms with Gasteiger partial charge in [-0.1, -0.05) is 17.4 Å². The molecule has 0 aliphatic heterocycles. The van der Waals surface area contributed by atoms with Gasteiger partial charge in [-0.15, -0.1) is 0 Å². The summed E-state index contributed by atoms with van der Waals surface area (Å²) < 4.78 is 27.3. The summed E-state index contributed by atoms with van der Waals surface area (Å²) in [5.74, 6) is 3.59. The van der Waals surface area contributed by atoms with Gasteiger partial charge in [-0.2, -0.15) is 35.6 Å². The van der Waals surface area contributed by atoms with E-state index in [1.54, 1.807) is 29.7 Å². The Labute approximate surface area is 132 Å². The second-order valence-corrected chi connectivity index (χ2v) is 4.35. The number of hydrogen-bond acceptors (Lipinski definition) is 2. The van der Waals surface area contributed by atoms with E-state index in [0.717, 1.165) is 12.1 Å². The molecule has 1 nitrogen and oxygen atoms in total. The van der Waals surface area contributed by atoms with Crippen LogP contribution in [0.1, 0.15) is 11.1 Å². The van der Waals surface area contributed by atoms with E-state index < -0.39 is 11.6 Å². The van der Waals surface area contributed by atoms with Gasteiger partial charge in [-0.05, 0) is 23.9 Å². The predicted octanol–water partition coefficient (Wildman–Crippen LogP) is 3.74. The van der Waals surface area contributed by atoms with E-state index in [2.05, 4.69) is 17.9 Å². The molecular formula is C15H6F2NRuS. The number of thioether (sulfide) groups is 1. The summed E-state index contributed by atoms with van der Waals surface area (Å²) in [5.41, 5.74) is 0.350. The van der Waals surface area contributed by atoms with Crippen LogP contribution in [0.4, 0.5) is 8.78 Å². The van der Waals surface area contributed by atoms with E-state index in [9.17, 15) is 8.78 Å². The quantitative estimate of drug-likeness (QED) is 0.251. The zero-order chi connectivity index (χ0) is 13.7. The van der Waals surface area contributed by atoms with Crippen molar-refractivity contribution < 1.29 is 28.3 Å². The zero-order valence-corrected chi connectivity index (χ0v) is 12.5. The van der Waals surface area contributed by atoms with E-state index in [1.807, 2.05) is 0 Å². The van der Waals surface area contributed by atoms with Crippen LogP contribution in [0.3, 0.4) is 0 Å². The van der Waals surface area contributed by atoms with Crippen molar-refractivity contribution in [3.05, 3.63) is 65.2 Å². The number of halogens is 2. The van der Waals surface area contributed by atoms with Gasteiger partial charge in [-0.3, -0.25) is 0 Å². The maximum absolute atomic E-state index is 13.7. The maximum Gasteiger partial charge on any atom is 1.00 e. The number of nitriles is 1. The molecule has 0 atom stereocenters. The van der Waals surface area contributed by atoms with Crippen LogP contribution in [0.5, 0.6) is 0 Å². The maximum atomic E-state index is 13.7. The summed E-state index contributed by atoms with van der Waals surface area (Å²) in [6, 6.07) is 11.8. The van der Waals surface area contributed by atoms with Crippen LogP contribution in [0.2, 0.25) is 0 Å². The molecule has 0 aliphatic carbocycles. The summed E-state index contributed by atoms with van der Waals surface area (Å²) in [5, 5.41) is 10.2. The molecular weight excluding hydrogens is 365 g/mol. The van der Waals surface area contributed by atoms with Crippen molar-refractivity contribution in [2.45, 2.75) is 4.90 Å². The van der Waals surface area contributed by atoms with E-state index >= 15 is 0 Å². The standard InChI is InChI=1S/C15H6F2NS.Ru/c16-14-8-12(19-10-18)9-15(17)13(14)7-6-11-4-2-1-3-5-11;/h2-5,8-9H;/q-1;+1. The van der Waals surface area contributed by atoms with Crippen LogP contribution in [-0.4, -0.2) is 0 Å². The molecule has 0 heterocycles. The molecule has 0 aromatic heterocycles. The molecule has 0 unspecified atom stereocenters. The van der Waals surface area contributed by atoms with Gasteiger partial charge >= 0.3 is 19.5 Å². The first-order chi connectivity index (χ1) is 9.20. The van der Waals surface area contributed by atoms with Gasteiger partial charge in [0.05, 0.1) is 5.56 Å². The number of nitrogens with zero attached hydrogens (tertiary/aromatic N) is 1. The first-order valence-corrected chi connectivity index (χ1v) is 6.05. The van der Waals surface area contributed by atoms with Crippen molar-refractivity contribution in [2.75, 3.05) is 0 Å². The molecule has 20 heavy (non-hydrogen) atoms. The average molecular weight is 371 g/mol. The summed E-state index contributed by atoms with van der Waals surface area (Å²) in [6.45, 7) is 0. The van der Waals surface area contributed by atoms with Crippen LogP contribution < -0.4 is 0 Å². The van der Waals surface area contributed by atoms with Crippen molar-refractivity contribution in [1.82, 2.24) is 0 Å². The largest absolute Gasteiger partial charge is 1.00 e. The minimum Gasteiger partial charge on any atom is -0.205 e. The third-order valence-corrected chi connectivity index (χ3v) is 2.79. The number of rotatable bonds is 1. The molecule has 0 spiro atoms. The van der Waals surface area contributed by atoms with Gasteiger partial charge in [-0.25, -0.2) is 8.78 Å². The Morgan fingerprint density at radius 2 is 1.65 bits per heavy atom. The minimum absolute atomic E-state index is 0. The molecule has 0 N–H and O–H groups in total. The molecule has 99 valence electrons. The molecule has 0 aliphatic rings. The Bertz CT molecular complexity index is 676. The third kappa shape index (κ3) is 4.17. The van der Waals surface area contributed by atoms with Gasteiger partial charge in [0.15, 0.2) is 0 Å². The molecule has 0 saturated heterocycles. The van der Waals surface area contributed by atoms with Gasteiger partial charge in [0.1, 0.15) is 17.0 Å². The smallest absolute Gasteiger partial charge is 0.205 e. The monoisotopic (exact) mass is 372 g/mol. The Morgan fingerprint density at radius 1 is 1.05 bits per heavy atom. The Morgan fingerprint density at radius 3 is 2.20 bits per heavy atom. The molecule has 2 aromatic carbocycles. The topological polar surface area (TPSA) is 23.8 Å². The Balaban J connectivity index is 0.00000200. The number of thiocyanates is 1. The van der Waals surface area contributed by atoms with Gasteiger partial charge in [0, 0.05) is 4.90 Å². The normalized spacial score (nSPS) is 8.85. The molecule has 2 rings (SSSR count). The van der Waals surface area contributed by atoms with Crippen molar-refractivity contribution in [3.8, 4) is 17.2 Å². The predicted molar refractivity (Wildman–Crippen MR) is 69.1 cm³/mol. The third-order valence-electron chi connectivity index (χ3n) is 2.23. The van der Waals surface area contributed by atoms with Crippen molar-refractivity contribution >= 4 is 11.8 Å². The summed E-state index contributed by atoms with van der Waals surface area (Å²) in [7, 11) is 0. The summed E-state index contributed by atoms with van der Waals surface area (Å²) >= 11 is 0.700. The fraction of sp³-hybridized carbons (Fsp3) is 0. The molecule has 0 amide bonds. The Kier molecular flexibility index (Phi) is 6.39. The van der Waals surface area contributed by atoms with Crippen LogP contribution in [0.25, 0.3) is 0 Å². The van der Waals surface area contributed by atoms with E-state index in [4.69, 9.17) is 5.26 Å². The first-order valence-electron chi connectivity index (χ1n) is 5.24. The van der Waals surface area contributed by atoms with Crippen molar-refractivity contribution in [1.29, 1.82) is 5.26 Å². The van der Waals surface area contributed by atoms with E-state index in [0.29, 0.717) is 17.3 Å². The number of benzene rings is 2. The fourth-order valence-corrected chi connectivity index (χ4v) is 1.82. The van der Waals surface area contributed by atoms with Crippen molar-refractivity contribution in [2.24, 2.45) is 0 Å². The SMILES string of the molecule is N#CSc1cc(F)c(C#Cc2cc[c-]cc2)c(F)c1.[Ru+]. The molecule has 0 fully saturated rings. The molecule has 2 aromatic rings. The zero-order valence-electron chi connectivity index (χ0n) is 9.93. The van der Waals surface area contributed by atoms with Gasteiger partial charge in [0.25, 0.3) is 0 Å². The van der Waals surface area contributed by atoms with Crippen LogP contribution in [0, 0.1) is 40.2 Å². The van der Waals surface area contributed by atoms with E-state index in [1.165, 1.54) is 0 Å². The second kappa shape index (κ2) is 7.80. The van der Waals surface area contributed by atoms with Crippen LogP contribution in [0.15, 0.2) is 41.3 Å². The average Bonchev–Trinajstić information content (AvgIpc) is 2.39. The van der Waals surface area contributed by atoms with Gasteiger partial charge < -0.3 is 0 Å². The van der Waals surface area contributed by atoms with Gasteiger partial charge in [0.2, 0.25) is 0 Å². The van der Waals surface area contributed by atoms with E-state index in [-0.39, 0.29) is 29.9 Å². The first kappa shape index (κ1) is 16.4. The summed E-state index contributed by atoms with van der Waals surface area (Å²) in [6.07, 6.45) is 0. The van der Waals surface area contributed by atoms with Crippen LogP contribution in [-0.2, 0) is 19.5 Å². The molecule has 5 heteroatoms. The fourth-order valence-electron chi connectivity index (χ4n) is 1.39. The second-order valence-electron chi connectivity index (χ2n) is 3.49. The number of hydrogen-bond donors (Lipinski definition) is 0. The molecule has 0 saturated carbocycles. The minimum atomic E-state index is -0.771.